The van der Waals surface area contributed by atoms with E-state index in [9.17, 15) is 9.59 Å². The molecule has 5 nitrogen and oxygen atoms in total. The van der Waals surface area contributed by atoms with Crippen LogP contribution in [-0.2, 0) is 9.53 Å². The predicted molar refractivity (Wildman–Crippen MR) is 69.1 cm³/mol. The van der Waals surface area contributed by atoms with Crippen molar-refractivity contribution in [1.82, 2.24) is 4.90 Å². The summed E-state index contributed by atoms with van der Waals surface area (Å²) in [5.41, 5.74) is 1.67. The first-order valence-corrected chi connectivity index (χ1v) is 6.25. The summed E-state index contributed by atoms with van der Waals surface area (Å²) in [6.07, 6.45) is -0.0857. The van der Waals surface area contributed by atoms with Gasteiger partial charge < -0.3 is 14.7 Å². The Morgan fingerprint density at radius 3 is 2.68 bits per heavy atom. The first kappa shape index (κ1) is 13.5. The summed E-state index contributed by atoms with van der Waals surface area (Å²) >= 11 is 0. The number of hydrogen-bond donors (Lipinski definition) is 1. The van der Waals surface area contributed by atoms with Gasteiger partial charge in [0.15, 0.2) is 0 Å². The fourth-order valence-electron chi connectivity index (χ4n) is 2.15. The van der Waals surface area contributed by atoms with Gasteiger partial charge in [-0.05, 0) is 19.1 Å². The van der Waals surface area contributed by atoms with Crippen molar-refractivity contribution in [2.24, 2.45) is 0 Å². The molecule has 0 bridgehead atoms. The molecule has 0 spiro atoms. The van der Waals surface area contributed by atoms with E-state index in [1.807, 2.05) is 19.1 Å². The van der Waals surface area contributed by atoms with E-state index < -0.39 is 5.97 Å². The van der Waals surface area contributed by atoms with Crippen LogP contribution in [0, 0.1) is 6.92 Å². The third-order valence-corrected chi connectivity index (χ3v) is 3.20. The molecule has 19 heavy (non-hydrogen) atoms. The number of carbonyl (C=O) groups is 2. The fourth-order valence-corrected chi connectivity index (χ4v) is 2.15. The van der Waals surface area contributed by atoms with Crippen molar-refractivity contribution in [3.8, 4) is 0 Å². The lowest BCUT2D eigenvalue weighted by Crippen LogP contribution is -2.49. The van der Waals surface area contributed by atoms with Crippen LogP contribution in [0.2, 0.25) is 0 Å². The first-order valence-electron chi connectivity index (χ1n) is 6.25. The molecule has 1 heterocycles. The highest BCUT2D eigenvalue weighted by Crippen LogP contribution is 2.15. The molecule has 1 aliphatic rings. The van der Waals surface area contributed by atoms with Gasteiger partial charge in [0.25, 0.3) is 5.91 Å². The van der Waals surface area contributed by atoms with Crippen LogP contribution in [0.3, 0.4) is 0 Å². The summed E-state index contributed by atoms with van der Waals surface area (Å²) in [5.74, 6) is -1.05. The number of rotatable bonds is 3. The van der Waals surface area contributed by atoms with Crippen molar-refractivity contribution in [2.45, 2.75) is 19.4 Å². The van der Waals surface area contributed by atoms with Gasteiger partial charge >= 0.3 is 5.97 Å². The van der Waals surface area contributed by atoms with Crippen molar-refractivity contribution >= 4 is 11.9 Å². The molecule has 1 aromatic carbocycles. The largest absolute Gasteiger partial charge is 0.481 e. The molecule has 0 aliphatic carbocycles. The molecule has 1 aliphatic heterocycles. The van der Waals surface area contributed by atoms with Gasteiger partial charge in [-0.1, -0.05) is 17.7 Å². The molecule has 1 unspecified atom stereocenters. The summed E-state index contributed by atoms with van der Waals surface area (Å²) in [5, 5.41) is 8.88. The lowest BCUT2D eigenvalue weighted by molar-refractivity contribution is -0.139. The summed E-state index contributed by atoms with van der Waals surface area (Å²) in [6.45, 7) is 3.12. The Morgan fingerprint density at radius 1 is 1.37 bits per heavy atom. The molecular formula is C14H17NO4. The smallest absolute Gasteiger partial charge is 0.305 e. The average molecular weight is 263 g/mol. The number of ether oxygens (including phenoxy) is 1. The van der Waals surface area contributed by atoms with Crippen LogP contribution in [0.1, 0.15) is 22.3 Å². The third-order valence-electron chi connectivity index (χ3n) is 3.20. The number of nitrogens with zero attached hydrogens (tertiary/aromatic N) is 1. The number of benzene rings is 1. The summed E-state index contributed by atoms with van der Waals surface area (Å²) in [7, 11) is 0. The van der Waals surface area contributed by atoms with Crippen molar-refractivity contribution < 1.29 is 19.4 Å². The Balaban J connectivity index is 2.15. The maximum absolute atomic E-state index is 12.4. The molecule has 0 aromatic heterocycles. The molecule has 1 atom stereocenters. The average Bonchev–Trinajstić information content (AvgIpc) is 2.39. The van der Waals surface area contributed by atoms with Crippen molar-refractivity contribution in [2.75, 3.05) is 19.8 Å². The highest BCUT2D eigenvalue weighted by atomic mass is 16.5. The number of aliphatic carboxylic acids is 1. The van der Waals surface area contributed by atoms with E-state index in [-0.39, 0.29) is 25.0 Å². The Hall–Kier alpha value is -1.88. The van der Waals surface area contributed by atoms with Crippen LogP contribution in [-0.4, -0.2) is 47.7 Å². The second-order valence-corrected chi connectivity index (χ2v) is 4.69. The number of aryl methyl sites for hydroxylation is 1. The minimum absolute atomic E-state index is 0.0857. The Morgan fingerprint density at radius 2 is 2.05 bits per heavy atom. The molecule has 2 rings (SSSR count). The van der Waals surface area contributed by atoms with E-state index in [0.717, 1.165) is 5.56 Å². The van der Waals surface area contributed by atoms with Crippen LogP contribution < -0.4 is 0 Å². The standard InChI is InChI=1S/C14H17NO4/c1-10-2-4-11(5-3-10)14(18)15-6-7-19-9-12(15)8-13(16)17/h2-5,12H,6-9H2,1H3,(H,16,17). The highest BCUT2D eigenvalue weighted by molar-refractivity contribution is 5.94. The van der Waals surface area contributed by atoms with Gasteiger partial charge in [0, 0.05) is 12.1 Å². The van der Waals surface area contributed by atoms with Gasteiger partial charge in [-0.3, -0.25) is 9.59 Å². The van der Waals surface area contributed by atoms with E-state index in [1.54, 1.807) is 17.0 Å². The normalized spacial score (nSPS) is 19.2. The number of morpholine rings is 1. The quantitative estimate of drug-likeness (QED) is 0.893. The molecule has 0 saturated carbocycles. The van der Waals surface area contributed by atoms with Gasteiger partial charge in [-0.2, -0.15) is 0 Å². The molecule has 0 radical (unpaired) electrons. The zero-order valence-electron chi connectivity index (χ0n) is 10.8. The van der Waals surface area contributed by atoms with Crippen LogP contribution in [0.4, 0.5) is 0 Å². The molecule has 1 saturated heterocycles. The Labute approximate surface area is 111 Å². The molecule has 1 aromatic rings. The van der Waals surface area contributed by atoms with E-state index >= 15 is 0 Å². The number of carboxylic acid groups (broad SMARTS) is 1. The number of amides is 1. The Kier molecular flexibility index (Phi) is 4.16. The fraction of sp³-hybridized carbons (Fsp3) is 0.429. The minimum Gasteiger partial charge on any atom is -0.481 e. The van der Waals surface area contributed by atoms with Crippen LogP contribution in [0.25, 0.3) is 0 Å². The molecular weight excluding hydrogens is 246 g/mol. The lowest BCUT2D eigenvalue weighted by atomic mass is 10.1. The van der Waals surface area contributed by atoms with E-state index in [1.165, 1.54) is 0 Å². The molecule has 1 N–H and O–H groups in total. The highest BCUT2D eigenvalue weighted by Gasteiger charge is 2.29. The van der Waals surface area contributed by atoms with Gasteiger partial charge in [0.05, 0.1) is 25.7 Å². The first-order chi connectivity index (χ1) is 9.08. The molecule has 5 heteroatoms. The zero-order chi connectivity index (χ0) is 13.8. The second kappa shape index (κ2) is 5.84. The molecule has 102 valence electrons. The van der Waals surface area contributed by atoms with Gasteiger partial charge in [-0.15, -0.1) is 0 Å². The third kappa shape index (κ3) is 3.32. The minimum atomic E-state index is -0.919. The van der Waals surface area contributed by atoms with Gasteiger partial charge in [0.2, 0.25) is 0 Å². The maximum atomic E-state index is 12.4. The predicted octanol–water partition coefficient (Wildman–Crippen LogP) is 1.31. The topological polar surface area (TPSA) is 66.8 Å². The van der Waals surface area contributed by atoms with Crippen LogP contribution in [0.5, 0.6) is 0 Å². The van der Waals surface area contributed by atoms with E-state index in [4.69, 9.17) is 9.84 Å². The zero-order valence-corrected chi connectivity index (χ0v) is 10.8. The second-order valence-electron chi connectivity index (χ2n) is 4.69. The monoisotopic (exact) mass is 263 g/mol. The van der Waals surface area contributed by atoms with Crippen LogP contribution >= 0.6 is 0 Å². The number of carbonyl (C=O) groups excluding carboxylic acids is 1. The lowest BCUT2D eigenvalue weighted by Gasteiger charge is -2.34. The van der Waals surface area contributed by atoms with E-state index in [2.05, 4.69) is 0 Å². The van der Waals surface area contributed by atoms with Crippen molar-refractivity contribution in [3.05, 3.63) is 35.4 Å². The van der Waals surface area contributed by atoms with Crippen molar-refractivity contribution in [1.29, 1.82) is 0 Å². The van der Waals surface area contributed by atoms with Crippen molar-refractivity contribution in [3.63, 3.8) is 0 Å². The summed E-state index contributed by atoms with van der Waals surface area (Å²) < 4.78 is 5.26. The number of carboxylic acids is 1. The number of hydrogen-bond acceptors (Lipinski definition) is 3. The SMILES string of the molecule is Cc1ccc(C(=O)N2CCOCC2CC(=O)O)cc1. The van der Waals surface area contributed by atoms with E-state index in [0.29, 0.717) is 18.7 Å². The molecule has 1 amide bonds. The summed E-state index contributed by atoms with van der Waals surface area (Å²) in [6, 6.07) is 6.90. The molecule has 1 fully saturated rings. The Bertz CT molecular complexity index is 469. The van der Waals surface area contributed by atoms with Gasteiger partial charge in [-0.25, -0.2) is 0 Å². The van der Waals surface area contributed by atoms with Crippen LogP contribution in [0.15, 0.2) is 24.3 Å². The van der Waals surface area contributed by atoms with Gasteiger partial charge in [0.1, 0.15) is 0 Å². The summed E-state index contributed by atoms with van der Waals surface area (Å²) in [4.78, 5) is 24.8. The maximum Gasteiger partial charge on any atom is 0.305 e.